The van der Waals surface area contributed by atoms with Gasteiger partial charge in [0, 0.05) is 9.75 Å². The lowest BCUT2D eigenvalue weighted by molar-refractivity contribution is -0.402. The smallest absolute Gasteiger partial charge is 0.404 e. The molecular weight excluding hydrogens is 264 g/mol. The summed E-state index contributed by atoms with van der Waals surface area (Å²) in [5.41, 5.74) is 1.17. The fourth-order valence-corrected chi connectivity index (χ4v) is 3.19. The van der Waals surface area contributed by atoms with E-state index < -0.39 is 4.92 Å². The molecule has 1 N–H and O–H groups in total. The van der Waals surface area contributed by atoms with E-state index in [1.54, 1.807) is 17.4 Å². The van der Waals surface area contributed by atoms with Crippen LogP contribution in [0.2, 0.25) is 0 Å². The summed E-state index contributed by atoms with van der Waals surface area (Å²) >= 11 is 1.68. The summed E-state index contributed by atoms with van der Waals surface area (Å²) in [4.78, 5) is 12.5. The number of nitrogens with one attached hydrogen (secondary N) is 1. The van der Waals surface area contributed by atoms with Gasteiger partial charge >= 0.3 is 5.88 Å². The van der Waals surface area contributed by atoms with Gasteiger partial charge in [-0.15, -0.1) is 11.3 Å². The third-order valence-electron chi connectivity index (χ3n) is 2.83. The van der Waals surface area contributed by atoms with Gasteiger partial charge in [0.1, 0.15) is 16.7 Å². The van der Waals surface area contributed by atoms with Crippen molar-refractivity contribution in [3.05, 3.63) is 49.4 Å². The minimum absolute atomic E-state index is 0.127. The standard InChI is InChI=1S/C13H16N2O3S/c1-4-14-12(13-8(2)7-9(3)19-13)10-5-6-11(18-10)15(16)17/h5-7,12,14H,4H2,1-3H3. The van der Waals surface area contributed by atoms with Gasteiger partial charge < -0.3 is 9.73 Å². The molecule has 2 aromatic heterocycles. The molecule has 0 saturated heterocycles. The van der Waals surface area contributed by atoms with Crippen molar-refractivity contribution in [2.75, 3.05) is 6.54 Å². The number of hydrogen-bond acceptors (Lipinski definition) is 5. The van der Waals surface area contributed by atoms with E-state index in [1.165, 1.54) is 16.5 Å². The Bertz CT molecular complexity index is 588. The van der Waals surface area contributed by atoms with E-state index in [1.807, 2.05) is 13.8 Å². The van der Waals surface area contributed by atoms with E-state index in [9.17, 15) is 10.1 Å². The van der Waals surface area contributed by atoms with Crippen molar-refractivity contribution < 1.29 is 9.34 Å². The van der Waals surface area contributed by atoms with Crippen LogP contribution in [0, 0.1) is 24.0 Å². The first-order valence-electron chi connectivity index (χ1n) is 6.07. The number of furan rings is 1. The number of rotatable bonds is 5. The van der Waals surface area contributed by atoms with Crippen LogP contribution in [0.3, 0.4) is 0 Å². The van der Waals surface area contributed by atoms with Crippen LogP contribution in [0.5, 0.6) is 0 Å². The molecule has 0 saturated carbocycles. The van der Waals surface area contributed by atoms with E-state index in [0.29, 0.717) is 5.76 Å². The van der Waals surface area contributed by atoms with Crippen LogP contribution in [0.25, 0.3) is 0 Å². The van der Waals surface area contributed by atoms with Gasteiger partial charge in [-0.2, -0.15) is 0 Å². The summed E-state index contributed by atoms with van der Waals surface area (Å²) in [6.45, 7) is 6.85. The first-order chi connectivity index (χ1) is 9.02. The number of aryl methyl sites for hydroxylation is 2. The Morgan fingerprint density at radius 3 is 2.68 bits per heavy atom. The van der Waals surface area contributed by atoms with E-state index in [2.05, 4.69) is 18.3 Å². The fourth-order valence-electron chi connectivity index (χ4n) is 2.07. The zero-order valence-electron chi connectivity index (χ0n) is 11.1. The third kappa shape index (κ3) is 2.85. The Hall–Kier alpha value is -1.66. The van der Waals surface area contributed by atoms with E-state index in [0.717, 1.165) is 11.4 Å². The molecule has 2 heterocycles. The molecule has 0 amide bonds. The van der Waals surface area contributed by atoms with Gasteiger partial charge in [-0.1, -0.05) is 6.92 Å². The van der Waals surface area contributed by atoms with Crippen molar-refractivity contribution >= 4 is 17.2 Å². The molecule has 1 atom stereocenters. The fraction of sp³-hybridized carbons (Fsp3) is 0.385. The molecule has 0 aliphatic carbocycles. The largest absolute Gasteiger partial charge is 0.433 e. The van der Waals surface area contributed by atoms with Crippen LogP contribution in [-0.2, 0) is 0 Å². The van der Waals surface area contributed by atoms with Crippen molar-refractivity contribution in [2.45, 2.75) is 26.8 Å². The Kier molecular flexibility index (Phi) is 4.01. The maximum Gasteiger partial charge on any atom is 0.433 e. The molecule has 19 heavy (non-hydrogen) atoms. The van der Waals surface area contributed by atoms with Gasteiger partial charge in [0.05, 0.1) is 6.07 Å². The molecule has 0 aliphatic rings. The molecule has 2 aromatic rings. The molecule has 102 valence electrons. The highest BCUT2D eigenvalue weighted by atomic mass is 32.1. The van der Waals surface area contributed by atoms with Crippen LogP contribution < -0.4 is 5.32 Å². The normalized spacial score (nSPS) is 12.6. The van der Waals surface area contributed by atoms with Crippen LogP contribution >= 0.6 is 11.3 Å². The van der Waals surface area contributed by atoms with Gasteiger partial charge in [-0.25, -0.2) is 0 Å². The Labute approximate surface area is 115 Å². The van der Waals surface area contributed by atoms with E-state index >= 15 is 0 Å². The topological polar surface area (TPSA) is 68.3 Å². The number of hydrogen-bond donors (Lipinski definition) is 1. The van der Waals surface area contributed by atoms with Gasteiger partial charge in [-0.3, -0.25) is 10.1 Å². The summed E-state index contributed by atoms with van der Waals surface area (Å²) in [5, 5.41) is 14.0. The summed E-state index contributed by atoms with van der Waals surface area (Å²) < 4.78 is 5.32. The van der Waals surface area contributed by atoms with Crippen LogP contribution in [-0.4, -0.2) is 11.5 Å². The Morgan fingerprint density at radius 2 is 2.21 bits per heavy atom. The van der Waals surface area contributed by atoms with Crippen LogP contribution in [0.1, 0.15) is 34.0 Å². The lowest BCUT2D eigenvalue weighted by Gasteiger charge is -2.14. The zero-order chi connectivity index (χ0) is 14.0. The minimum Gasteiger partial charge on any atom is -0.404 e. The maximum atomic E-state index is 10.7. The van der Waals surface area contributed by atoms with Crippen molar-refractivity contribution in [3.8, 4) is 0 Å². The highest BCUT2D eigenvalue weighted by Crippen LogP contribution is 2.33. The molecule has 5 nitrogen and oxygen atoms in total. The third-order valence-corrected chi connectivity index (χ3v) is 4.04. The molecule has 6 heteroatoms. The van der Waals surface area contributed by atoms with Crippen molar-refractivity contribution in [3.63, 3.8) is 0 Å². The Balaban J connectivity index is 2.39. The summed E-state index contributed by atoms with van der Waals surface area (Å²) in [5.74, 6) is 0.363. The van der Waals surface area contributed by atoms with E-state index in [4.69, 9.17) is 4.42 Å². The number of nitro groups is 1. The zero-order valence-corrected chi connectivity index (χ0v) is 11.9. The highest BCUT2D eigenvalue weighted by Gasteiger charge is 2.23. The first kappa shape index (κ1) is 13.8. The van der Waals surface area contributed by atoms with Crippen molar-refractivity contribution in [1.82, 2.24) is 5.32 Å². The van der Waals surface area contributed by atoms with Crippen molar-refractivity contribution in [2.24, 2.45) is 0 Å². The maximum absolute atomic E-state index is 10.7. The second-order valence-electron chi connectivity index (χ2n) is 4.33. The molecule has 0 radical (unpaired) electrons. The highest BCUT2D eigenvalue weighted by molar-refractivity contribution is 7.12. The van der Waals surface area contributed by atoms with Crippen molar-refractivity contribution in [1.29, 1.82) is 0 Å². The van der Waals surface area contributed by atoms with Gasteiger partial charge in [0.15, 0.2) is 0 Å². The number of nitrogens with zero attached hydrogens (tertiary/aromatic N) is 1. The molecule has 0 fully saturated rings. The first-order valence-corrected chi connectivity index (χ1v) is 6.89. The lowest BCUT2D eigenvalue weighted by atomic mass is 10.1. The second-order valence-corrected chi connectivity index (χ2v) is 5.62. The summed E-state index contributed by atoms with van der Waals surface area (Å²) in [7, 11) is 0. The predicted octanol–water partition coefficient (Wildman–Crippen LogP) is 3.57. The van der Waals surface area contributed by atoms with Crippen LogP contribution in [0.4, 0.5) is 5.88 Å². The molecule has 0 aromatic carbocycles. The van der Waals surface area contributed by atoms with Gasteiger partial charge in [-0.05, 0) is 38.1 Å². The Morgan fingerprint density at radius 1 is 1.47 bits per heavy atom. The SMILES string of the molecule is CCNC(c1ccc([N+](=O)[O-])o1)c1sc(C)cc1C. The predicted molar refractivity (Wildman–Crippen MR) is 74.7 cm³/mol. The monoisotopic (exact) mass is 280 g/mol. The molecule has 0 spiro atoms. The number of thiophene rings is 1. The molecule has 2 rings (SSSR count). The summed E-state index contributed by atoms with van der Waals surface area (Å²) in [6.07, 6.45) is 0. The second kappa shape index (κ2) is 5.54. The average Bonchev–Trinajstić information content (AvgIpc) is 2.93. The molecule has 0 bridgehead atoms. The van der Waals surface area contributed by atoms with E-state index in [-0.39, 0.29) is 11.9 Å². The molecular formula is C13H16N2O3S. The minimum atomic E-state index is -0.515. The van der Waals surface area contributed by atoms with Gasteiger partial charge in [0.2, 0.25) is 0 Å². The lowest BCUT2D eigenvalue weighted by Crippen LogP contribution is -2.21. The average molecular weight is 280 g/mol. The van der Waals surface area contributed by atoms with Gasteiger partial charge in [0.25, 0.3) is 0 Å². The summed E-state index contributed by atoms with van der Waals surface area (Å²) in [6, 6.07) is 5.05. The molecule has 0 aliphatic heterocycles. The molecule has 1 unspecified atom stereocenters. The van der Waals surface area contributed by atoms with Crippen LogP contribution in [0.15, 0.2) is 22.6 Å². The quantitative estimate of drug-likeness (QED) is 0.671.